The lowest BCUT2D eigenvalue weighted by molar-refractivity contribution is -0.170. The highest BCUT2D eigenvalue weighted by molar-refractivity contribution is 6.17. The first-order chi connectivity index (χ1) is 30.5. The topological polar surface area (TPSA) is 209 Å². The molecule has 334 valence electrons. The number of fused-ring (bicyclic) bond motifs is 9. The second kappa shape index (κ2) is 15.9. The minimum Gasteiger partial charge on any atom is -0.468 e. The van der Waals surface area contributed by atoms with Crippen molar-refractivity contribution in [3.05, 3.63) is 104 Å². The van der Waals surface area contributed by atoms with Crippen molar-refractivity contribution in [2.75, 3.05) is 42.7 Å². The van der Waals surface area contributed by atoms with Crippen molar-refractivity contribution in [3.8, 4) is 0 Å². The Balaban J connectivity index is 1.35. The van der Waals surface area contributed by atoms with Crippen LogP contribution < -0.4 is 0 Å². The summed E-state index contributed by atoms with van der Waals surface area (Å²) >= 11 is 0. The van der Waals surface area contributed by atoms with Gasteiger partial charge in [0.2, 0.25) is 0 Å². The van der Waals surface area contributed by atoms with E-state index in [9.17, 15) is 33.6 Å². The zero-order chi connectivity index (χ0) is 46.1. The average molecular weight is 877 g/mol. The third kappa shape index (κ3) is 6.40. The molecule has 0 spiro atoms. The monoisotopic (exact) mass is 876 g/mol. The number of rotatable bonds is 6. The molecule has 8 rings (SSSR count). The molecule has 0 aromatic heterocycles. The molecule has 0 N–H and O–H groups in total. The number of benzene rings is 3. The van der Waals surface area contributed by atoms with Gasteiger partial charge in [0.1, 0.15) is 33.5 Å². The second-order valence-corrected chi connectivity index (χ2v) is 17.9. The molecule has 0 radical (unpaired) electrons. The van der Waals surface area contributed by atoms with Crippen LogP contribution in [-0.4, -0.2) is 95.8 Å². The molecule has 0 heterocycles. The van der Waals surface area contributed by atoms with Crippen LogP contribution >= 0.6 is 0 Å². The van der Waals surface area contributed by atoms with E-state index in [4.69, 9.17) is 28.4 Å². The van der Waals surface area contributed by atoms with Crippen LogP contribution in [0.15, 0.2) is 48.5 Å². The third-order valence-corrected chi connectivity index (χ3v) is 14.6. The van der Waals surface area contributed by atoms with Gasteiger partial charge in [0, 0.05) is 0 Å². The smallest absolute Gasteiger partial charge is 0.320 e. The normalized spacial score (nSPS) is 27.6. The third-order valence-electron chi connectivity index (χ3n) is 14.6. The van der Waals surface area contributed by atoms with Gasteiger partial charge < -0.3 is 28.4 Å². The number of ether oxygens (including phenoxy) is 6. The van der Waals surface area contributed by atoms with Crippen molar-refractivity contribution >= 4 is 53.2 Å². The van der Waals surface area contributed by atoms with Crippen LogP contribution in [0.3, 0.4) is 0 Å². The Morgan fingerprint density at radius 3 is 0.891 bits per heavy atom. The molecule has 3 aromatic rings. The van der Waals surface area contributed by atoms with Crippen LogP contribution in [0.1, 0.15) is 55.6 Å². The van der Waals surface area contributed by atoms with Gasteiger partial charge in [0.05, 0.1) is 42.7 Å². The molecule has 3 aromatic carbocycles. The number of ketones is 3. The zero-order valence-corrected chi connectivity index (χ0v) is 36.5. The van der Waals surface area contributed by atoms with Gasteiger partial charge in [-0.3, -0.25) is 43.2 Å². The Bertz CT molecular complexity index is 2440. The van der Waals surface area contributed by atoms with Crippen LogP contribution in [0.4, 0.5) is 0 Å². The average Bonchev–Trinajstić information content (AvgIpc) is 3.65. The van der Waals surface area contributed by atoms with Crippen molar-refractivity contribution in [3.63, 3.8) is 0 Å². The van der Waals surface area contributed by atoms with Gasteiger partial charge in [-0.2, -0.15) is 0 Å². The molecule has 4 bridgehead atoms. The molecule has 0 aliphatic heterocycles. The molecule has 0 amide bonds. The van der Waals surface area contributed by atoms with Crippen LogP contribution in [0.5, 0.6) is 0 Å². The van der Waals surface area contributed by atoms with Gasteiger partial charge in [-0.15, -0.1) is 0 Å². The van der Waals surface area contributed by atoms with Gasteiger partial charge in [0.15, 0.2) is 17.3 Å². The van der Waals surface area contributed by atoms with Crippen LogP contribution in [0, 0.1) is 33.5 Å². The summed E-state index contributed by atoms with van der Waals surface area (Å²) in [6, 6.07) is 14.2. The molecule has 15 heteroatoms. The molecule has 2 unspecified atom stereocenters. The lowest BCUT2D eigenvalue weighted by Gasteiger charge is -2.34. The maximum absolute atomic E-state index is 15.6. The van der Waals surface area contributed by atoms with Crippen molar-refractivity contribution in [1.29, 1.82) is 0 Å². The first kappa shape index (κ1) is 44.1. The van der Waals surface area contributed by atoms with Gasteiger partial charge >= 0.3 is 35.8 Å². The summed E-state index contributed by atoms with van der Waals surface area (Å²) < 4.78 is 31.5. The van der Waals surface area contributed by atoms with E-state index < -0.39 is 86.7 Å². The number of hydrogen-bond donors (Lipinski definition) is 0. The molecule has 5 aliphatic carbocycles. The molecule has 0 saturated heterocycles. The maximum atomic E-state index is 15.6. The number of carbonyl (C=O) groups excluding carboxylic acids is 9. The minimum absolute atomic E-state index is 0.0656. The van der Waals surface area contributed by atoms with Crippen molar-refractivity contribution < 1.29 is 71.6 Å². The molecule has 15 nitrogen and oxygen atoms in total. The molecular weight excluding hydrogens is 829 g/mol. The first-order valence-corrected chi connectivity index (χ1v) is 21.0. The highest BCUT2D eigenvalue weighted by Crippen LogP contribution is 2.53. The van der Waals surface area contributed by atoms with E-state index in [1.807, 2.05) is 12.1 Å². The Morgan fingerprint density at radius 1 is 0.391 bits per heavy atom. The number of methoxy groups -OCH3 is 6. The van der Waals surface area contributed by atoms with E-state index in [0.29, 0.717) is 55.6 Å². The van der Waals surface area contributed by atoms with Gasteiger partial charge in [-0.05, 0) is 120 Å². The van der Waals surface area contributed by atoms with Crippen molar-refractivity contribution in [2.24, 2.45) is 33.5 Å². The highest BCUT2D eigenvalue weighted by atomic mass is 16.5. The summed E-state index contributed by atoms with van der Waals surface area (Å²) in [6.45, 7) is 0. The number of Topliss-reactive ketones (excluding diaryl/α,β-unsaturated/α-hetero) is 3. The Kier molecular flexibility index (Phi) is 11.0. The second-order valence-electron chi connectivity index (χ2n) is 17.9. The summed E-state index contributed by atoms with van der Waals surface area (Å²) in [7, 11) is 6.95. The fourth-order valence-electron chi connectivity index (χ4n) is 11.6. The molecule has 64 heavy (non-hydrogen) atoms. The van der Waals surface area contributed by atoms with E-state index in [1.165, 1.54) is 14.2 Å². The first-order valence-electron chi connectivity index (χ1n) is 21.0. The van der Waals surface area contributed by atoms with Crippen LogP contribution in [0.25, 0.3) is 0 Å². The van der Waals surface area contributed by atoms with E-state index >= 15 is 9.59 Å². The predicted molar refractivity (Wildman–Crippen MR) is 220 cm³/mol. The Hall–Kier alpha value is -6.51. The summed E-state index contributed by atoms with van der Waals surface area (Å²) in [6.07, 6.45) is -1.85. The number of carbonyl (C=O) groups is 9. The molecule has 5 aliphatic rings. The van der Waals surface area contributed by atoms with E-state index in [-0.39, 0.29) is 64.2 Å². The summed E-state index contributed by atoms with van der Waals surface area (Å²) in [4.78, 5) is 128. The zero-order valence-electron chi connectivity index (χ0n) is 36.5. The SMILES string of the molecule is COC(=O)C1Cc2cc3c(cc2CC(C(=O)OC)C1=O)C[C@]1(C(=O)OC)Cc2cc4c(cc2C[C@](C(=O)OC)(C3)C1=O)C[C@@]1(C(=O)OC)Cc2ccccc2C[C@@](C(=O)OC)(C4)C1=O. The fraction of sp³-hybridized carbons (Fsp3) is 0.449. The minimum atomic E-state index is -2.04. The molecular formula is C49H48O15. The van der Waals surface area contributed by atoms with E-state index in [2.05, 4.69) is 0 Å². The fourth-order valence-corrected chi connectivity index (χ4v) is 11.6. The van der Waals surface area contributed by atoms with Crippen molar-refractivity contribution in [2.45, 2.75) is 64.2 Å². The quantitative estimate of drug-likeness (QED) is 0.151. The van der Waals surface area contributed by atoms with Crippen LogP contribution in [-0.2, 0) is 136 Å². The Morgan fingerprint density at radius 2 is 0.641 bits per heavy atom. The van der Waals surface area contributed by atoms with Gasteiger partial charge in [-0.1, -0.05) is 48.5 Å². The number of esters is 6. The molecule has 6 atom stereocenters. The van der Waals surface area contributed by atoms with Crippen molar-refractivity contribution in [1.82, 2.24) is 0 Å². The highest BCUT2D eigenvalue weighted by Gasteiger charge is 2.65. The lowest BCUT2D eigenvalue weighted by atomic mass is 9.66. The summed E-state index contributed by atoms with van der Waals surface area (Å²) in [5.74, 6) is -9.91. The predicted octanol–water partition coefficient (Wildman–Crippen LogP) is 2.50. The standard InChI is InChI=1S/C49H48O15/c1-59-38(51)35-15-27-11-29-19-48(44(57)63-5)23-33-13-31-21-46(42(55)61-3)17-25-9-7-8-10-26(25)18-47(40(46)53,43(56)62-4)22-32(31)14-34(33)24-49(41(48)54,45(58)64-6)20-30(29)12-28(27)16-36(37(35)50)39(52)60-2/h7-14,35-36H,15-24H2,1-6H3/t35?,36?,46-,47+,48+,49-. The number of hydrogen-bond acceptors (Lipinski definition) is 15. The van der Waals surface area contributed by atoms with E-state index in [0.717, 1.165) is 28.4 Å². The molecule has 0 saturated carbocycles. The van der Waals surface area contributed by atoms with Crippen LogP contribution in [0.2, 0.25) is 0 Å². The van der Waals surface area contributed by atoms with Gasteiger partial charge in [-0.25, -0.2) is 0 Å². The summed E-state index contributed by atoms with van der Waals surface area (Å²) in [5, 5.41) is 0. The van der Waals surface area contributed by atoms with Gasteiger partial charge in [0.25, 0.3) is 0 Å². The summed E-state index contributed by atoms with van der Waals surface area (Å²) in [5.41, 5.74) is -2.47. The lowest BCUT2D eigenvalue weighted by Crippen LogP contribution is -2.54. The largest absolute Gasteiger partial charge is 0.468 e. The Labute approximate surface area is 368 Å². The maximum Gasteiger partial charge on any atom is 0.320 e. The molecule has 0 fully saturated rings. The van der Waals surface area contributed by atoms with E-state index in [1.54, 1.807) is 36.4 Å².